The Morgan fingerprint density at radius 1 is 1.16 bits per heavy atom. The summed E-state index contributed by atoms with van der Waals surface area (Å²) in [6.07, 6.45) is 1.48. The monoisotopic (exact) mass is 338 g/mol. The number of rotatable bonds is 3. The zero-order chi connectivity index (χ0) is 17.4. The predicted molar refractivity (Wildman–Crippen MR) is 88.0 cm³/mol. The highest BCUT2D eigenvalue weighted by Crippen LogP contribution is 2.21. The quantitative estimate of drug-likeness (QED) is 0.708. The molecule has 3 heterocycles. The van der Waals surface area contributed by atoms with Crippen LogP contribution in [0.1, 0.15) is 41.8 Å². The van der Waals surface area contributed by atoms with Crippen LogP contribution in [-0.2, 0) is 13.1 Å². The number of carbonyl (C=O) groups excluding carboxylic acids is 1. The van der Waals surface area contributed by atoms with Crippen molar-refractivity contribution in [3.8, 4) is 5.69 Å². The fourth-order valence-electron chi connectivity index (χ4n) is 3.08. The summed E-state index contributed by atoms with van der Waals surface area (Å²) in [7, 11) is 0. The van der Waals surface area contributed by atoms with Gasteiger partial charge in [-0.25, -0.2) is 0 Å². The van der Waals surface area contributed by atoms with Crippen LogP contribution in [0.5, 0.6) is 0 Å². The first-order valence-corrected chi connectivity index (χ1v) is 8.19. The van der Waals surface area contributed by atoms with Crippen LogP contribution in [0.4, 0.5) is 0 Å². The first-order valence-electron chi connectivity index (χ1n) is 8.19. The van der Waals surface area contributed by atoms with Crippen LogP contribution in [0.2, 0.25) is 0 Å². The van der Waals surface area contributed by atoms with Gasteiger partial charge < -0.3 is 9.47 Å². The fourth-order valence-corrected chi connectivity index (χ4v) is 3.08. The van der Waals surface area contributed by atoms with Gasteiger partial charge in [0.2, 0.25) is 0 Å². The average molecular weight is 338 g/mol. The molecule has 0 unspecified atom stereocenters. The Kier molecular flexibility index (Phi) is 3.75. The van der Waals surface area contributed by atoms with E-state index in [4.69, 9.17) is 0 Å². The van der Waals surface area contributed by atoms with Crippen molar-refractivity contribution in [3.05, 3.63) is 47.8 Å². The van der Waals surface area contributed by atoms with E-state index in [2.05, 4.69) is 44.1 Å². The lowest BCUT2D eigenvalue weighted by molar-refractivity contribution is 0.0706. The number of hydrogen-bond acceptors (Lipinski definition) is 6. The zero-order valence-corrected chi connectivity index (χ0v) is 14.1. The Labute approximate surface area is 144 Å². The minimum atomic E-state index is -0.0635. The molecule has 0 N–H and O–H groups in total. The summed E-state index contributed by atoms with van der Waals surface area (Å²) < 4.78 is 3.61. The molecule has 2 aromatic heterocycles. The molecule has 4 rings (SSSR count). The molecule has 128 valence electrons. The molecule has 0 aliphatic carbocycles. The zero-order valence-electron chi connectivity index (χ0n) is 14.1. The van der Waals surface area contributed by atoms with Gasteiger partial charge in [-0.2, -0.15) is 4.68 Å². The molecule has 0 fully saturated rings. The molecule has 9 nitrogen and oxygen atoms in total. The Morgan fingerprint density at radius 3 is 2.76 bits per heavy atom. The van der Waals surface area contributed by atoms with E-state index in [1.807, 2.05) is 18.2 Å². The van der Waals surface area contributed by atoms with Crippen molar-refractivity contribution in [1.82, 2.24) is 39.9 Å². The molecule has 0 radical (unpaired) electrons. The van der Waals surface area contributed by atoms with Gasteiger partial charge in [0.1, 0.15) is 12.2 Å². The minimum Gasteiger partial charge on any atom is -0.329 e. The Morgan fingerprint density at radius 2 is 2.00 bits per heavy atom. The van der Waals surface area contributed by atoms with E-state index < -0.39 is 0 Å². The van der Waals surface area contributed by atoms with Crippen molar-refractivity contribution >= 4 is 5.91 Å². The van der Waals surface area contributed by atoms with Crippen molar-refractivity contribution < 1.29 is 4.79 Å². The number of nitrogens with zero attached hydrogens (tertiary/aromatic N) is 8. The molecule has 1 amide bonds. The second-order valence-corrected chi connectivity index (χ2v) is 6.28. The highest BCUT2D eigenvalue weighted by atomic mass is 16.2. The number of benzene rings is 1. The topological polar surface area (TPSA) is 94.6 Å². The van der Waals surface area contributed by atoms with E-state index in [1.165, 1.54) is 11.0 Å². The lowest BCUT2D eigenvalue weighted by Crippen LogP contribution is -2.39. The van der Waals surface area contributed by atoms with Crippen LogP contribution in [0.25, 0.3) is 5.69 Å². The summed E-state index contributed by atoms with van der Waals surface area (Å²) in [6.45, 7) is 5.96. The van der Waals surface area contributed by atoms with Crippen molar-refractivity contribution in [3.63, 3.8) is 0 Å². The van der Waals surface area contributed by atoms with Gasteiger partial charge >= 0.3 is 0 Å². The molecule has 0 saturated heterocycles. The van der Waals surface area contributed by atoms with Gasteiger partial charge in [-0.05, 0) is 22.6 Å². The van der Waals surface area contributed by atoms with Crippen LogP contribution in [0.3, 0.4) is 0 Å². The van der Waals surface area contributed by atoms with E-state index in [-0.39, 0.29) is 5.91 Å². The Bertz CT molecular complexity index is 899. The molecule has 9 heteroatoms. The van der Waals surface area contributed by atoms with Gasteiger partial charge in [0, 0.05) is 19.0 Å². The van der Waals surface area contributed by atoms with Gasteiger partial charge in [-0.1, -0.05) is 26.0 Å². The maximum atomic E-state index is 13.1. The van der Waals surface area contributed by atoms with Crippen molar-refractivity contribution in [2.45, 2.75) is 32.9 Å². The summed E-state index contributed by atoms with van der Waals surface area (Å²) in [5, 5.41) is 19.7. The number of hydrogen-bond donors (Lipinski definition) is 0. The third-order valence-electron chi connectivity index (χ3n) is 4.32. The van der Waals surface area contributed by atoms with Crippen LogP contribution >= 0.6 is 0 Å². The lowest BCUT2D eigenvalue weighted by Gasteiger charge is -2.28. The van der Waals surface area contributed by atoms with E-state index in [1.54, 1.807) is 11.0 Å². The average Bonchev–Trinajstić information content (AvgIpc) is 3.30. The maximum absolute atomic E-state index is 13.1. The summed E-state index contributed by atoms with van der Waals surface area (Å²) in [5.74, 6) is 2.04. The molecule has 0 saturated carbocycles. The first-order chi connectivity index (χ1) is 12.1. The van der Waals surface area contributed by atoms with E-state index in [0.717, 1.165) is 11.6 Å². The van der Waals surface area contributed by atoms with Gasteiger partial charge in [-0.15, -0.1) is 15.3 Å². The molecule has 0 bridgehead atoms. The van der Waals surface area contributed by atoms with Crippen LogP contribution in [0.15, 0.2) is 30.6 Å². The van der Waals surface area contributed by atoms with Crippen LogP contribution in [0, 0.1) is 0 Å². The predicted octanol–water partition coefficient (Wildman–Crippen LogP) is 1.03. The van der Waals surface area contributed by atoms with Gasteiger partial charge in [0.15, 0.2) is 5.82 Å². The number of fused-ring (bicyclic) bond motifs is 1. The Balaban J connectivity index is 1.63. The standard InChI is InChI=1S/C16H18N8O/c1-11(2)15-19-18-14-9-22(7-8-23(14)15)16(25)12-5-3-4-6-13(12)24-10-17-20-21-24/h3-6,10-11H,7-9H2,1-2H3. The number of aromatic nitrogens is 7. The maximum Gasteiger partial charge on any atom is 0.256 e. The molecule has 0 atom stereocenters. The molecule has 1 aliphatic heterocycles. The number of carbonyl (C=O) groups is 1. The number of para-hydroxylation sites is 1. The third kappa shape index (κ3) is 2.67. The van der Waals surface area contributed by atoms with E-state index in [0.29, 0.717) is 36.8 Å². The lowest BCUT2D eigenvalue weighted by atomic mass is 10.1. The third-order valence-corrected chi connectivity index (χ3v) is 4.32. The second-order valence-electron chi connectivity index (χ2n) is 6.28. The summed E-state index contributed by atoms with van der Waals surface area (Å²) in [5.41, 5.74) is 1.22. The smallest absolute Gasteiger partial charge is 0.256 e. The second kappa shape index (κ2) is 6.08. The molecule has 0 spiro atoms. The van der Waals surface area contributed by atoms with Crippen LogP contribution in [-0.4, -0.2) is 52.3 Å². The Hall–Kier alpha value is -3.10. The largest absolute Gasteiger partial charge is 0.329 e. The molecular formula is C16H18N8O. The highest BCUT2D eigenvalue weighted by molar-refractivity contribution is 5.97. The molecule has 3 aromatic rings. The van der Waals surface area contributed by atoms with Gasteiger partial charge in [0.05, 0.1) is 17.8 Å². The van der Waals surface area contributed by atoms with Crippen LogP contribution < -0.4 is 0 Å². The molecule has 1 aliphatic rings. The minimum absolute atomic E-state index is 0.0635. The molecule has 25 heavy (non-hydrogen) atoms. The summed E-state index contributed by atoms with van der Waals surface area (Å²) in [4.78, 5) is 14.8. The number of amides is 1. The molecular weight excluding hydrogens is 320 g/mol. The number of tetrazole rings is 1. The van der Waals surface area contributed by atoms with Crippen molar-refractivity contribution in [2.75, 3.05) is 6.54 Å². The highest BCUT2D eigenvalue weighted by Gasteiger charge is 2.27. The first kappa shape index (κ1) is 15.4. The fraction of sp³-hybridized carbons (Fsp3) is 0.375. The SMILES string of the molecule is CC(C)c1nnc2n1CCN(C(=O)c1ccccc1-n1cnnn1)C2. The van der Waals surface area contributed by atoms with Crippen molar-refractivity contribution in [2.24, 2.45) is 0 Å². The molecule has 1 aromatic carbocycles. The van der Waals surface area contributed by atoms with Crippen molar-refractivity contribution in [1.29, 1.82) is 0 Å². The summed E-state index contributed by atoms with van der Waals surface area (Å²) >= 11 is 0. The van der Waals surface area contributed by atoms with Gasteiger partial charge in [0.25, 0.3) is 5.91 Å². The van der Waals surface area contributed by atoms with Gasteiger partial charge in [-0.3, -0.25) is 4.79 Å². The summed E-state index contributed by atoms with van der Waals surface area (Å²) in [6, 6.07) is 7.31. The normalized spacial score (nSPS) is 14.0. The van der Waals surface area contributed by atoms with E-state index in [9.17, 15) is 4.79 Å². The van der Waals surface area contributed by atoms with E-state index >= 15 is 0 Å².